The van der Waals surface area contributed by atoms with Crippen molar-refractivity contribution in [1.29, 1.82) is 0 Å². The van der Waals surface area contributed by atoms with Crippen molar-refractivity contribution in [3.8, 4) is 0 Å². The van der Waals surface area contributed by atoms with Gasteiger partial charge in [-0.3, -0.25) is 4.79 Å². The van der Waals surface area contributed by atoms with E-state index in [1.165, 1.54) is 6.42 Å². The number of halogens is 1. The van der Waals surface area contributed by atoms with Crippen molar-refractivity contribution in [2.45, 2.75) is 44.0 Å². The van der Waals surface area contributed by atoms with E-state index in [0.717, 1.165) is 29.5 Å². The van der Waals surface area contributed by atoms with Crippen molar-refractivity contribution in [3.63, 3.8) is 0 Å². The molecule has 2 nitrogen and oxygen atoms in total. The van der Waals surface area contributed by atoms with Gasteiger partial charge in [-0.05, 0) is 37.8 Å². The third-order valence-electron chi connectivity index (χ3n) is 3.46. The Kier molecular flexibility index (Phi) is 3.87. The molecule has 0 aliphatic heterocycles. The van der Waals surface area contributed by atoms with Crippen molar-refractivity contribution in [2.24, 2.45) is 0 Å². The quantitative estimate of drug-likeness (QED) is 0.833. The molecule has 0 radical (unpaired) electrons. The summed E-state index contributed by atoms with van der Waals surface area (Å²) < 4.78 is 0. The van der Waals surface area contributed by atoms with Crippen LogP contribution in [0.1, 0.15) is 40.7 Å². The van der Waals surface area contributed by atoms with Crippen LogP contribution in [-0.2, 0) is 0 Å². The fraction of sp³-hybridized carbons (Fsp3) is 0.500. The van der Waals surface area contributed by atoms with Gasteiger partial charge in [-0.25, -0.2) is 0 Å². The summed E-state index contributed by atoms with van der Waals surface area (Å²) in [5, 5.41) is 3.14. The maximum absolute atomic E-state index is 12.3. The Bertz CT molecular complexity index is 410. The van der Waals surface area contributed by atoms with Gasteiger partial charge in [-0.1, -0.05) is 40.5 Å². The lowest BCUT2D eigenvalue weighted by Crippen LogP contribution is -2.38. The van der Waals surface area contributed by atoms with Crippen LogP contribution in [0, 0.1) is 13.8 Å². The molecule has 92 valence electrons. The number of hydrogen-bond acceptors (Lipinski definition) is 1. The minimum absolute atomic E-state index is 0.0666. The molecule has 2 atom stereocenters. The molecule has 1 saturated carbocycles. The van der Waals surface area contributed by atoms with E-state index in [9.17, 15) is 4.79 Å². The summed E-state index contributed by atoms with van der Waals surface area (Å²) in [7, 11) is 0. The van der Waals surface area contributed by atoms with Crippen LogP contribution in [0.5, 0.6) is 0 Å². The van der Waals surface area contributed by atoms with Gasteiger partial charge >= 0.3 is 0 Å². The van der Waals surface area contributed by atoms with Gasteiger partial charge in [0.2, 0.25) is 0 Å². The number of carbonyl (C=O) groups excluding carboxylic acids is 1. The Morgan fingerprint density at radius 3 is 2.47 bits per heavy atom. The molecule has 1 aliphatic carbocycles. The second kappa shape index (κ2) is 5.21. The highest BCUT2D eigenvalue weighted by Gasteiger charge is 2.27. The largest absolute Gasteiger partial charge is 0.348 e. The minimum Gasteiger partial charge on any atom is -0.348 e. The molecule has 2 unspecified atom stereocenters. The molecule has 1 aliphatic rings. The van der Waals surface area contributed by atoms with Crippen LogP contribution in [0.25, 0.3) is 0 Å². The average Bonchev–Trinajstić information content (AvgIpc) is 2.64. The molecule has 1 N–H and O–H groups in total. The van der Waals surface area contributed by atoms with E-state index in [-0.39, 0.29) is 11.9 Å². The zero-order valence-corrected chi connectivity index (χ0v) is 11.9. The number of nitrogens with one attached hydrogen (secondary N) is 1. The summed E-state index contributed by atoms with van der Waals surface area (Å²) in [4.78, 5) is 12.7. The highest BCUT2D eigenvalue weighted by atomic mass is 79.9. The summed E-state index contributed by atoms with van der Waals surface area (Å²) in [5.74, 6) is 0.0666. The molecule has 1 aromatic rings. The lowest BCUT2D eigenvalue weighted by atomic mass is 10.0. The molecule has 1 fully saturated rings. The molecule has 0 heterocycles. The Morgan fingerprint density at radius 1 is 1.29 bits per heavy atom. The summed E-state index contributed by atoms with van der Waals surface area (Å²) in [6, 6.07) is 6.25. The van der Waals surface area contributed by atoms with Crippen molar-refractivity contribution >= 4 is 21.8 Å². The molecule has 0 aromatic heterocycles. The zero-order chi connectivity index (χ0) is 12.4. The fourth-order valence-corrected chi connectivity index (χ4v) is 3.21. The van der Waals surface area contributed by atoms with Crippen LogP contribution in [0.2, 0.25) is 0 Å². The molecule has 2 rings (SSSR count). The van der Waals surface area contributed by atoms with Crippen LogP contribution >= 0.6 is 15.9 Å². The number of hydrogen-bond donors (Lipinski definition) is 1. The van der Waals surface area contributed by atoms with Gasteiger partial charge in [-0.15, -0.1) is 0 Å². The number of aryl methyl sites for hydroxylation is 2. The van der Waals surface area contributed by atoms with E-state index in [4.69, 9.17) is 0 Å². The van der Waals surface area contributed by atoms with E-state index in [1.54, 1.807) is 0 Å². The first-order valence-electron chi connectivity index (χ1n) is 6.10. The SMILES string of the molecule is Cc1cccc(C)c1C(=O)NC1CCCC1Br. The number of carbonyl (C=O) groups is 1. The molecular formula is C14H18BrNO. The molecule has 1 aromatic carbocycles. The van der Waals surface area contributed by atoms with Crippen LogP contribution in [0.15, 0.2) is 18.2 Å². The van der Waals surface area contributed by atoms with E-state index in [2.05, 4.69) is 21.2 Å². The lowest BCUT2D eigenvalue weighted by Gasteiger charge is -2.18. The normalized spacial score (nSPS) is 23.7. The van der Waals surface area contributed by atoms with E-state index >= 15 is 0 Å². The lowest BCUT2D eigenvalue weighted by molar-refractivity contribution is 0.0937. The predicted molar refractivity (Wildman–Crippen MR) is 73.7 cm³/mol. The smallest absolute Gasteiger partial charge is 0.252 e. The van der Waals surface area contributed by atoms with Crippen LogP contribution < -0.4 is 5.32 Å². The summed E-state index contributed by atoms with van der Waals surface area (Å²) >= 11 is 3.63. The van der Waals surface area contributed by atoms with Crippen molar-refractivity contribution < 1.29 is 4.79 Å². The second-order valence-electron chi connectivity index (χ2n) is 4.79. The van der Waals surface area contributed by atoms with Gasteiger partial charge < -0.3 is 5.32 Å². The Morgan fingerprint density at radius 2 is 1.94 bits per heavy atom. The first kappa shape index (κ1) is 12.6. The van der Waals surface area contributed by atoms with Gasteiger partial charge in [0.25, 0.3) is 5.91 Å². The van der Waals surface area contributed by atoms with Gasteiger partial charge in [0.15, 0.2) is 0 Å². The molecule has 1 amide bonds. The molecule has 17 heavy (non-hydrogen) atoms. The van der Waals surface area contributed by atoms with Gasteiger partial charge in [0.1, 0.15) is 0 Å². The monoisotopic (exact) mass is 295 g/mol. The molecule has 0 saturated heterocycles. The fourth-order valence-electron chi connectivity index (χ4n) is 2.49. The third-order valence-corrected chi connectivity index (χ3v) is 4.55. The summed E-state index contributed by atoms with van der Waals surface area (Å²) in [6.07, 6.45) is 3.41. The Hall–Kier alpha value is -0.830. The molecule has 0 spiro atoms. The third kappa shape index (κ3) is 2.71. The Labute approximate surface area is 111 Å². The summed E-state index contributed by atoms with van der Waals surface area (Å²) in [5.41, 5.74) is 2.93. The van der Waals surface area contributed by atoms with Gasteiger partial charge in [0.05, 0.1) is 0 Å². The van der Waals surface area contributed by atoms with Gasteiger partial charge in [-0.2, -0.15) is 0 Å². The minimum atomic E-state index is 0.0666. The number of rotatable bonds is 2. The van der Waals surface area contributed by atoms with Crippen molar-refractivity contribution in [1.82, 2.24) is 5.32 Å². The zero-order valence-electron chi connectivity index (χ0n) is 10.3. The molecule has 3 heteroatoms. The molecular weight excluding hydrogens is 278 g/mol. The van der Waals surface area contributed by atoms with Crippen molar-refractivity contribution in [2.75, 3.05) is 0 Å². The van der Waals surface area contributed by atoms with Gasteiger partial charge in [0, 0.05) is 16.4 Å². The first-order chi connectivity index (χ1) is 8.09. The first-order valence-corrected chi connectivity index (χ1v) is 7.02. The second-order valence-corrected chi connectivity index (χ2v) is 5.97. The van der Waals surface area contributed by atoms with Crippen LogP contribution in [-0.4, -0.2) is 16.8 Å². The van der Waals surface area contributed by atoms with E-state index < -0.39 is 0 Å². The Balaban J connectivity index is 2.14. The molecule has 0 bridgehead atoms. The maximum Gasteiger partial charge on any atom is 0.252 e. The maximum atomic E-state index is 12.3. The summed E-state index contributed by atoms with van der Waals surface area (Å²) in [6.45, 7) is 3.98. The average molecular weight is 296 g/mol. The van der Waals surface area contributed by atoms with Crippen molar-refractivity contribution in [3.05, 3.63) is 34.9 Å². The highest BCUT2D eigenvalue weighted by Crippen LogP contribution is 2.26. The van der Waals surface area contributed by atoms with E-state index in [1.807, 2.05) is 32.0 Å². The number of benzene rings is 1. The van der Waals surface area contributed by atoms with Crippen LogP contribution in [0.3, 0.4) is 0 Å². The standard InChI is InChI=1S/C14H18BrNO/c1-9-5-3-6-10(2)13(9)14(17)16-12-8-4-7-11(12)15/h3,5-6,11-12H,4,7-8H2,1-2H3,(H,16,17). The van der Waals surface area contributed by atoms with E-state index in [0.29, 0.717) is 4.83 Å². The van der Waals surface area contributed by atoms with Crippen LogP contribution in [0.4, 0.5) is 0 Å². The number of amides is 1. The highest BCUT2D eigenvalue weighted by molar-refractivity contribution is 9.09. The predicted octanol–water partition coefficient (Wildman–Crippen LogP) is 3.35. The number of alkyl halides is 1. The topological polar surface area (TPSA) is 29.1 Å².